The fraction of sp³-hybridized carbons (Fsp3) is 0.480. The molecule has 0 aliphatic carbocycles. The largest absolute Gasteiger partial charge is 0.352 e. The SMILES string of the molecule is CCCCCCCCCCCCNC(=O)c1ccc(-c2ccccc2)cc1. The molecule has 1 amide bonds. The molecule has 2 nitrogen and oxygen atoms in total. The first-order chi connectivity index (χ1) is 13.3. The van der Waals surface area contributed by atoms with Crippen LogP contribution in [0, 0.1) is 0 Å². The Bertz CT molecular complexity index is 633. The number of rotatable bonds is 13. The molecule has 0 radical (unpaired) electrons. The molecule has 27 heavy (non-hydrogen) atoms. The van der Waals surface area contributed by atoms with Crippen LogP contribution in [0.2, 0.25) is 0 Å². The van der Waals surface area contributed by atoms with Gasteiger partial charge in [-0.3, -0.25) is 4.79 Å². The van der Waals surface area contributed by atoms with E-state index in [1.165, 1.54) is 63.4 Å². The second-order valence-corrected chi connectivity index (χ2v) is 7.38. The van der Waals surface area contributed by atoms with Gasteiger partial charge in [0.15, 0.2) is 0 Å². The maximum atomic E-state index is 12.2. The molecule has 0 fully saturated rings. The minimum absolute atomic E-state index is 0.0329. The summed E-state index contributed by atoms with van der Waals surface area (Å²) in [4.78, 5) is 12.2. The predicted octanol–water partition coefficient (Wildman–Crippen LogP) is 7.00. The second-order valence-electron chi connectivity index (χ2n) is 7.38. The molecule has 2 aromatic carbocycles. The van der Waals surface area contributed by atoms with Gasteiger partial charge in [-0.25, -0.2) is 0 Å². The maximum Gasteiger partial charge on any atom is 0.251 e. The van der Waals surface area contributed by atoms with Crippen molar-refractivity contribution in [2.75, 3.05) is 6.54 Å². The fourth-order valence-corrected chi connectivity index (χ4v) is 3.36. The van der Waals surface area contributed by atoms with E-state index in [9.17, 15) is 4.79 Å². The minimum atomic E-state index is 0.0329. The summed E-state index contributed by atoms with van der Waals surface area (Å²) in [5.74, 6) is 0.0329. The van der Waals surface area contributed by atoms with Crippen LogP contribution in [0.5, 0.6) is 0 Å². The summed E-state index contributed by atoms with van der Waals surface area (Å²) >= 11 is 0. The van der Waals surface area contributed by atoms with E-state index in [4.69, 9.17) is 0 Å². The van der Waals surface area contributed by atoms with E-state index in [0.717, 1.165) is 24.1 Å². The lowest BCUT2D eigenvalue weighted by molar-refractivity contribution is 0.0953. The number of carbonyl (C=O) groups excluding carboxylic acids is 1. The van der Waals surface area contributed by atoms with Crippen molar-refractivity contribution in [2.24, 2.45) is 0 Å². The number of unbranched alkanes of at least 4 members (excludes halogenated alkanes) is 9. The summed E-state index contributed by atoms with van der Waals surface area (Å²) in [5, 5.41) is 3.04. The molecule has 0 spiro atoms. The van der Waals surface area contributed by atoms with Crippen LogP contribution in [0.3, 0.4) is 0 Å². The summed E-state index contributed by atoms with van der Waals surface area (Å²) < 4.78 is 0. The topological polar surface area (TPSA) is 29.1 Å². The van der Waals surface area contributed by atoms with E-state index in [1.54, 1.807) is 0 Å². The van der Waals surface area contributed by atoms with E-state index in [0.29, 0.717) is 0 Å². The Kier molecular flexibility index (Phi) is 10.3. The standard InChI is InChI=1S/C25H35NO/c1-2-3-4-5-6-7-8-9-10-14-21-26-25(27)24-19-17-23(18-20-24)22-15-12-11-13-16-22/h11-13,15-20H,2-10,14,21H2,1H3,(H,26,27). The Hall–Kier alpha value is -2.09. The van der Waals surface area contributed by atoms with Crippen molar-refractivity contribution in [1.82, 2.24) is 5.32 Å². The highest BCUT2D eigenvalue weighted by molar-refractivity contribution is 5.94. The van der Waals surface area contributed by atoms with Gasteiger partial charge >= 0.3 is 0 Å². The lowest BCUT2D eigenvalue weighted by Crippen LogP contribution is -2.24. The van der Waals surface area contributed by atoms with E-state index < -0.39 is 0 Å². The molecule has 2 aromatic rings. The highest BCUT2D eigenvalue weighted by Crippen LogP contribution is 2.19. The van der Waals surface area contributed by atoms with E-state index >= 15 is 0 Å². The van der Waals surface area contributed by atoms with Crippen LogP contribution in [0.4, 0.5) is 0 Å². The first kappa shape index (κ1) is 21.2. The van der Waals surface area contributed by atoms with Crippen molar-refractivity contribution in [3.63, 3.8) is 0 Å². The number of hydrogen-bond donors (Lipinski definition) is 1. The first-order valence-electron chi connectivity index (χ1n) is 10.7. The molecule has 0 aliphatic rings. The third kappa shape index (κ3) is 8.43. The van der Waals surface area contributed by atoms with Gasteiger partial charge in [0.05, 0.1) is 0 Å². The molecule has 2 heteroatoms. The van der Waals surface area contributed by atoms with Gasteiger partial charge in [-0.2, -0.15) is 0 Å². The summed E-state index contributed by atoms with van der Waals surface area (Å²) in [6.07, 6.45) is 13.2. The maximum absolute atomic E-state index is 12.2. The molecule has 0 heterocycles. The Morgan fingerprint density at radius 2 is 1.19 bits per heavy atom. The smallest absolute Gasteiger partial charge is 0.251 e. The summed E-state index contributed by atoms with van der Waals surface area (Å²) in [7, 11) is 0. The molecule has 0 saturated heterocycles. The zero-order chi connectivity index (χ0) is 19.2. The van der Waals surface area contributed by atoms with Crippen LogP contribution >= 0.6 is 0 Å². The normalized spacial score (nSPS) is 10.7. The van der Waals surface area contributed by atoms with Crippen LogP contribution < -0.4 is 5.32 Å². The lowest BCUT2D eigenvalue weighted by atomic mass is 10.0. The number of hydrogen-bond acceptors (Lipinski definition) is 1. The van der Waals surface area contributed by atoms with Gasteiger partial charge in [-0.1, -0.05) is 107 Å². The average Bonchev–Trinajstić information content (AvgIpc) is 2.72. The summed E-state index contributed by atoms with van der Waals surface area (Å²) in [6, 6.07) is 18.1. The van der Waals surface area contributed by atoms with E-state index in [1.807, 2.05) is 42.5 Å². The van der Waals surface area contributed by atoms with Crippen molar-refractivity contribution >= 4 is 5.91 Å². The zero-order valence-corrected chi connectivity index (χ0v) is 16.9. The van der Waals surface area contributed by atoms with Crippen molar-refractivity contribution in [1.29, 1.82) is 0 Å². The fourth-order valence-electron chi connectivity index (χ4n) is 3.36. The van der Waals surface area contributed by atoms with Crippen molar-refractivity contribution < 1.29 is 4.79 Å². The predicted molar refractivity (Wildman–Crippen MR) is 116 cm³/mol. The lowest BCUT2D eigenvalue weighted by Gasteiger charge is -2.07. The monoisotopic (exact) mass is 365 g/mol. The molecule has 0 unspecified atom stereocenters. The number of amides is 1. The van der Waals surface area contributed by atoms with Gasteiger partial charge in [-0.05, 0) is 29.7 Å². The molecule has 0 bridgehead atoms. The molecule has 1 N–H and O–H groups in total. The molecule has 146 valence electrons. The molecule has 0 aromatic heterocycles. The van der Waals surface area contributed by atoms with Crippen molar-refractivity contribution in [2.45, 2.75) is 71.1 Å². The molecule has 0 aliphatic heterocycles. The van der Waals surface area contributed by atoms with Gasteiger partial charge < -0.3 is 5.32 Å². The van der Waals surface area contributed by atoms with Crippen LogP contribution in [-0.2, 0) is 0 Å². The van der Waals surface area contributed by atoms with Gasteiger partial charge in [-0.15, -0.1) is 0 Å². The van der Waals surface area contributed by atoms with Gasteiger partial charge in [0.2, 0.25) is 0 Å². The molecular formula is C25H35NO. The Morgan fingerprint density at radius 1 is 0.667 bits per heavy atom. The van der Waals surface area contributed by atoms with Crippen LogP contribution in [0.25, 0.3) is 11.1 Å². The number of nitrogens with one attached hydrogen (secondary N) is 1. The van der Waals surface area contributed by atoms with Gasteiger partial charge in [0.25, 0.3) is 5.91 Å². The third-order valence-electron chi connectivity index (χ3n) is 5.07. The summed E-state index contributed by atoms with van der Waals surface area (Å²) in [5.41, 5.74) is 3.05. The van der Waals surface area contributed by atoms with Crippen LogP contribution in [-0.4, -0.2) is 12.5 Å². The zero-order valence-electron chi connectivity index (χ0n) is 16.9. The average molecular weight is 366 g/mol. The Labute approximate surface area is 165 Å². The van der Waals surface area contributed by atoms with Crippen molar-refractivity contribution in [3.8, 4) is 11.1 Å². The molecule has 0 saturated carbocycles. The number of benzene rings is 2. The Balaban J connectivity index is 1.56. The molecular weight excluding hydrogens is 330 g/mol. The third-order valence-corrected chi connectivity index (χ3v) is 5.07. The summed E-state index contributed by atoms with van der Waals surface area (Å²) in [6.45, 7) is 3.04. The highest BCUT2D eigenvalue weighted by Gasteiger charge is 2.05. The quantitative estimate of drug-likeness (QED) is 0.380. The first-order valence-corrected chi connectivity index (χ1v) is 10.7. The van der Waals surface area contributed by atoms with E-state index in [2.05, 4.69) is 24.4 Å². The van der Waals surface area contributed by atoms with Crippen LogP contribution in [0.1, 0.15) is 81.5 Å². The van der Waals surface area contributed by atoms with E-state index in [-0.39, 0.29) is 5.91 Å². The highest BCUT2D eigenvalue weighted by atomic mass is 16.1. The van der Waals surface area contributed by atoms with Gasteiger partial charge in [0.1, 0.15) is 0 Å². The second kappa shape index (κ2) is 13.1. The molecule has 2 rings (SSSR count). The molecule has 0 atom stereocenters. The number of carbonyl (C=O) groups is 1. The van der Waals surface area contributed by atoms with Crippen molar-refractivity contribution in [3.05, 3.63) is 60.2 Å². The minimum Gasteiger partial charge on any atom is -0.352 e. The van der Waals surface area contributed by atoms with Gasteiger partial charge in [0, 0.05) is 12.1 Å². The Morgan fingerprint density at radius 3 is 1.78 bits per heavy atom. The van der Waals surface area contributed by atoms with Crippen LogP contribution in [0.15, 0.2) is 54.6 Å².